The first-order valence-corrected chi connectivity index (χ1v) is 11.5. The molecule has 3 aromatic heterocycles. The van der Waals surface area contributed by atoms with Crippen LogP contribution in [0.2, 0.25) is 0 Å². The van der Waals surface area contributed by atoms with Gasteiger partial charge in [0.2, 0.25) is 5.95 Å². The number of anilines is 2. The highest BCUT2D eigenvalue weighted by Crippen LogP contribution is 2.36. The molecule has 0 radical (unpaired) electrons. The van der Waals surface area contributed by atoms with Crippen molar-refractivity contribution in [1.29, 1.82) is 0 Å². The third-order valence-electron chi connectivity index (χ3n) is 5.73. The van der Waals surface area contributed by atoms with Crippen LogP contribution in [-0.2, 0) is 16.9 Å². The van der Waals surface area contributed by atoms with Crippen LogP contribution in [0.25, 0.3) is 22.0 Å². The molecule has 1 aliphatic heterocycles. The summed E-state index contributed by atoms with van der Waals surface area (Å²) in [5.41, 5.74) is 2.19. The molecule has 2 N–H and O–H groups in total. The molecular formula is C23H23N7O2S. The summed E-state index contributed by atoms with van der Waals surface area (Å²) in [4.78, 5) is 27.7. The van der Waals surface area contributed by atoms with Crippen molar-refractivity contribution in [3.63, 3.8) is 0 Å². The Balaban J connectivity index is 1.39. The lowest BCUT2D eigenvalue weighted by Crippen LogP contribution is -2.36. The fraction of sp³-hybridized carbons (Fsp3) is 0.261. The fourth-order valence-electron chi connectivity index (χ4n) is 3.85. The van der Waals surface area contributed by atoms with E-state index in [0.29, 0.717) is 30.2 Å². The van der Waals surface area contributed by atoms with E-state index in [0.717, 1.165) is 28.5 Å². The normalized spacial score (nSPS) is 18.2. The molecule has 1 aliphatic rings. The molecule has 0 unspecified atom stereocenters. The van der Waals surface area contributed by atoms with Crippen LogP contribution in [0.5, 0.6) is 0 Å². The first-order chi connectivity index (χ1) is 16.0. The van der Waals surface area contributed by atoms with Gasteiger partial charge in [0, 0.05) is 49.9 Å². The van der Waals surface area contributed by atoms with Crippen LogP contribution in [0.4, 0.5) is 11.6 Å². The van der Waals surface area contributed by atoms with Crippen LogP contribution in [0.3, 0.4) is 0 Å². The number of likely N-dealkylation sites (tertiary alicyclic amines) is 1. The summed E-state index contributed by atoms with van der Waals surface area (Å²) in [6, 6.07) is 9.22. The highest BCUT2D eigenvalue weighted by Gasteiger charge is 2.45. The van der Waals surface area contributed by atoms with Crippen LogP contribution in [-0.4, -0.2) is 54.2 Å². The van der Waals surface area contributed by atoms with Crippen LogP contribution in [0.15, 0.2) is 54.3 Å². The molecule has 0 aliphatic carbocycles. The molecule has 0 saturated carbocycles. The number of likely N-dealkylation sites (N-methyl/N-ethyl adjacent to an activating group) is 1. The lowest BCUT2D eigenvalue weighted by molar-refractivity contribution is -0.143. The number of carbonyl (C=O) groups excluding carboxylic acids is 1. The standard InChI is InChI=1S/C23H23N7O2S/c1-3-30-13-17(12-25-30)26-22-24-9-7-18(28-22)19-14-33-20(27-19)15-5-4-6-16(11-15)23(32)8-10-29(2)21(23)31/h4-7,9,11-14,32H,3,8,10H2,1-2H3,(H,24,26,28)/t23-/m1/s1. The van der Waals surface area contributed by atoms with Gasteiger partial charge in [0.1, 0.15) is 10.7 Å². The largest absolute Gasteiger partial charge is 0.375 e. The molecule has 33 heavy (non-hydrogen) atoms. The monoisotopic (exact) mass is 461 g/mol. The van der Waals surface area contributed by atoms with Gasteiger partial charge in [-0.05, 0) is 24.6 Å². The maximum atomic E-state index is 12.5. The average molecular weight is 462 g/mol. The molecule has 1 fully saturated rings. The van der Waals surface area contributed by atoms with E-state index in [1.54, 1.807) is 30.4 Å². The van der Waals surface area contributed by atoms with Crippen molar-refractivity contribution in [2.45, 2.75) is 25.5 Å². The average Bonchev–Trinajstić information content (AvgIpc) is 3.57. The molecule has 4 aromatic rings. The number of aryl methyl sites for hydroxylation is 1. The molecule has 9 nitrogen and oxygen atoms in total. The maximum absolute atomic E-state index is 12.5. The van der Waals surface area contributed by atoms with Crippen molar-refractivity contribution in [2.24, 2.45) is 0 Å². The minimum atomic E-state index is -1.48. The predicted molar refractivity (Wildman–Crippen MR) is 126 cm³/mol. The third-order valence-corrected chi connectivity index (χ3v) is 6.62. The second-order valence-electron chi connectivity index (χ2n) is 7.93. The van der Waals surface area contributed by atoms with Crippen molar-refractivity contribution >= 4 is 28.9 Å². The van der Waals surface area contributed by atoms with E-state index in [-0.39, 0.29) is 5.91 Å². The van der Waals surface area contributed by atoms with Crippen molar-refractivity contribution < 1.29 is 9.90 Å². The number of amides is 1. The molecule has 168 valence electrons. The zero-order valence-electron chi connectivity index (χ0n) is 18.3. The van der Waals surface area contributed by atoms with Crippen LogP contribution in [0, 0.1) is 0 Å². The van der Waals surface area contributed by atoms with Gasteiger partial charge in [-0.15, -0.1) is 11.3 Å². The second-order valence-corrected chi connectivity index (χ2v) is 8.79. The summed E-state index contributed by atoms with van der Waals surface area (Å²) in [5.74, 6) is 0.191. The summed E-state index contributed by atoms with van der Waals surface area (Å²) in [6.07, 6.45) is 5.69. The van der Waals surface area contributed by atoms with Gasteiger partial charge in [-0.3, -0.25) is 9.48 Å². The fourth-order valence-corrected chi connectivity index (χ4v) is 4.66. The highest BCUT2D eigenvalue weighted by atomic mass is 32.1. The molecule has 1 atom stereocenters. The summed E-state index contributed by atoms with van der Waals surface area (Å²) in [5, 5.41) is 21.1. The third kappa shape index (κ3) is 3.98. The van der Waals surface area contributed by atoms with E-state index >= 15 is 0 Å². The van der Waals surface area contributed by atoms with Crippen LogP contribution >= 0.6 is 11.3 Å². The van der Waals surface area contributed by atoms with Gasteiger partial charge in [0.25, 0.3) is 5.91 Å². The van der Waals surface area contributed by atoms with Gasteiger partial charge in [-0.1, -0.05) is 18.2 Å². The van der Waals surface area contributed by atoms with E-state index in [1.165, 1.54) is 11.3 Å². The quantitative estimate of drug-likeness (QED) is 0.453. The number of thiazole rings is 1. The number of aromatic nitrogens is 5. The van der Waals surface area contributed by atoms with Gasteiger partial charge in [0.15, 0.2) is 5.60 Å². The van der Waals surface area contributed by atoms with Crippen molar-refractivity contribution in [1.82, 2.24) is 29.6 Å². The lowest BCUT2D eigenvalue weighted by atomic mass is 9.91. The molecule has 0 spiro atoms. The Morgan fingerprint density at radius 3 is 2.88 bits per heavy atom. The van der Waals surface area contributed by atoms with E-state index in [9.17, 15) is 9.90 Å². The maximum Gasteiger partial charge on any atom is 0.258 e. The molecule has 4 heterocycles. The summed E-state index contributed by atoms with van der Waals surface area (Å²) < 4.78 is 1.82. The number of benzene rings is 1. The second kappa shape index (κ2) is 8.38. The minimum Gasteiger partial charge on any atom is -0.375 e. The topological polar surface area (TPSA) is 109 Å². The van der Waals surface area contributed by atoms with Gasteiger partial charge in [0.05, 0.1) is 17.6 Å². The lowest BCUT2D eigenvalue weighted by Gasteiger charge is -2.21. The van der Waals surface area contributed by atoms with Gasteiger partial charge < -0.3 is 15.3 Å². The van der Waals surface area contributed by atoms with Gasteiger partial charge in [-0.2, -0.15) is 5.10 Å². The van der Waals surface area contributed by atoms with E-state index in [4.69, 9.17) is 4.98 Å². The number of rotatable bonds is 6. The van der Waals surface area contributed by atoms with E-state index < -0.39 is 5.60 Å². The van der Waals surface area contributed by atoms with Gasteiger partial charge >= 0.3 is 0 Å². The Bertz CT molecular complexity index is 1320. The molecule has 10 heteroatoms. The smallest absolute Gasteiger partial charge is 0.258 e. The number of carbonyl (C=O) groups is 1. The first kappa shape index (κ1) is 21.2. The van der Waals surface area contributed by atoms with Crippen molar-refractivity contribution in [3.05, 3.63) is 59.9 Å². The SMILES string of the molecule is CCn1cc(Nc2nccc(-c3csc(-c4cccc([C@]5(O)CCN(C)C5=O)c4)n3)n2)cn1. The number of nitrogens with zero attached hydrogens (tertiary/aromatic N) is 6. The van der Waals surface area contributed by atoms with Crippen molar-refractivity contribution in [3.8, 4) is 22.0 Å². The molecule has 0 bridgehead atoms. The van der Waals surface area contributed by atoms with Crippen LogP contribution < -0.4 is 5.32 Å². The zero-order chi connectivity index (χ0) is 23.0. The Morgan fingerprint density at radius 1 is 1.24 bits per heavy atom. The summed E-state index contributed by atoms with van der Waals surface area (Å²) in [6.45, 7) is 3.34. The zero-order valence-corrected chi connectivity index (χ0v) is 19.1. The molecular weight excluding hydrogens is 438 g/mol. The number of aliphatic hydroxyl groups is 1. The molecule has 1 aromatic carbocycles. The Morgan fingerprint density at radius 2 is 2.12 bits per heavy atom. The number of nitrogens with one attached hydrogen (secondary N) is 1. The predicted octanol–water partition coefficient (Wildman–Crippen LogP) is 3.28. The Labute approximate surface area is 194 Å². The van der Waals surface area contributed by atoms with E-state index in [2.05, 4.69) is 20.4 Å². The number of hydrogen-bond acceptors (Lipinski definition) is 8. The minimum absolute atomic E-state index is 0.273. The Hall–Kier alpha value is -3.63. The number of hydrogen-bond donors (Lipinski definition) is 2. The molecule has 1 amide bonds. The first-order valence-electron chi connectivity index (χ1n) is 10.6. The van der Waals surface area contributed by atoms with Gasteiger partial charge in [-0.25, -0.2) is 15.0 Å². The summed E-state index contributed by atoms with van der Waals surface area (Å²) in [7, 11) is 1.71. The summed E-state index contributed by atoms with van der Waals surface area (Å²) >= 11 is 1.48. The highest BCUT2D eigenvalue weighted by molar-refractivity contribution is 7.13. The molecule has 5 rings (SSSR count). The van der Waals surface area contributed by atoms with Crippen LogP contribution in [0.1, 0.15) is 18.9 Å². The Kier molecular flexibility index (Phi) is 5.39. The van der Waals surface area contributed by atoms with Crippen molar-refractivity contribution in [2.75, 3.05) is 18.9 Å². The van der Waals surface area contributed by atoms with E-state index in [1.807, 2.05) is 47.4 Å². The molecule has 1 saturated heterocycles.